The number of nitrogens with one attached hydrogen (secondary N) is 2. The van der Waals surface area contributed by atoms with Crippen LogP contribution in [0.25, 0.3) is 24.0 Å². The average Bonchev–Trinajstić information content (AvgIpc) is 3.31. The number of halogens is 1. The Morgan fingerprint density at radius 3 is 2.52 bits per heavy atom. The molecule has 2 aliphatic rings. The van der Waals surface area contributed by atoms with Gasteiger partial charge in [0.2, 0.25) is 6.41 Å². The van der Waals surface area contributed by atoms with Crippen LogP contribution in [0.4, 0.5) is 4.39 Å². The van der Waals surface area contributed by atoms with E-state index in [2.05, 4.69) is 48.3 Å². The number of methoxy groups -OCH3 is 1. The van der Waals surface area contributed by atoms with Gasteiger partial charge >= 0.3 is 0 Å². The van der Waals surface area contributed by atoms with E-state index in [-0.39, 0.29) is 5.82 Å². The van der Waals surface area contributed by atoms with Gasteiger partial charge in [0.1, 0.15) is 23.0 Å². The first-order valence-electron chi connectivity index (χ1n) is 14.1. The monoisotopic (exact) mass is 547 g/mol. The van der Waals surface area contributed by atoms with Gasteiger partial charge in [0.25, 0.3) is 0 Å². The molecular formula is C33H42FN3O3. The Kier molecular flexibility index (Phi) is 11.5. The molecule has 7 heteroatoms. The third-order valence-electron chi connectivity index (χ3n) is 6.98. The number of aryl methyl sites for hydroxylation is 1. The number of aromatic nitrogens is 1. The molecule has 5 rings (SSSR count). The molecule has 0 spiro atoms. The minimum absolute atomic E-state index is 0.277. The van der Waals surface area contributed by atoms with Crippen molar-refractivity contribution in [1.29, 1.82) is 0 Å². The lowest BCUT2D eigenvalue weighted by Crippen LogP contribution is -2.35. The Morgan fingerprint density at radius 1 is 1.18 bits per heavy atom. The molecule has 1 saturated carbocycles. The van der Waals surface area contributed by atoms with E-state index in [0.717, 1.165) is 44.5 Å². The second-order valence-electron chi connectivity index (χ2n) is 9.90. The van der Waals surface area contributed by atoms with Crippen LogP contribution < -0.4 is 30.5 Å². The average molecular weight is 548 g/mol. The molecule has 1 amide bonds. The lowest BCUT2D eigenvalue weighted by Gasteiger charge is -2.25. The maximum atomic E-state index is 13.1. The van der Waals surface area contributed by atoms with Gasteiger partial charge in [-0.25, -0.2) is 9.37 Å². The fraction of sp³-hybridized carbons (Fsp3) is 0.394. The van der Waals surface area contributed by atoms with Crippen LogP contribution >= 0.6 is 0 Å². The van der Waals surface area contributed by atoms with Crippen molar-refractivity contribution < 1.29 is 18.7 Å². The normalized spacial score (nSPS) is 15.8. The van der Waals surface area contributed by atoms with Crippen molar-refractivity contribution >= 4 is 19.2 Å². The van der Waals surface area contributed by atoms with Crippen molar-refractivity contribution in [2.75, 3.05) is 20.3 Å². The fourth-order valence-electron chi connectivity index (χ4n) is 4.52. The summed E-state index contributed by atoms with van der Waals surface area (Å²) in [4.78, 5) is 15.0. The summed E-state index contributed by atoms with van der Waals surface area (Å²) in [5, 5.41) is 8.16. The number of nitrogens with zero attached hydrogens (tertiary/aromatic N) is 1. The summed E-state index contributed by atoms with van der Waals surface area (Å²) in [6, 6.07) is 13.1. The Hall–Kier alpha value is -3.87. The van der Waals surface area contributed by atoms with Crippen molar-refractivity contribution in [2.24, 2.45) is 0 Å². The van der Waals surface area contributed by atoms with Crippen LogP contribution in [-0.4, -0.2) is 37.7 Å². The van der Waals surface area contributed by atoms with E-state index in [1.54, 1.807) is 19.2 Å². The van der Waals surface area contributed by atoms with Gasteiger partial charge in [-0.05, 0) is 74.2 Å². The number of rotatable bonds is 8. The largest absolute Gasteiger partial charge is 0.496 e. The standard InChI is InChI=1S/C17H17FN2O2.C14H19NO.C2H6/c1-11-9-22-17-15(11)8-14(6-7-19-10-21)20-16(17)12-2-4-13(18)5-3-12;1-10-7-12(9-15-13-5-4-6-13)11(2)14(8-10)16-3;1-2/h2-5,8,10-11H,6-7,9H2,1H3,(H,19,21);7-9,13,15H,2,4-6H2,1,3H3;1-2H3/b;12-9-;. The number of benzene rings is 2. The van der Waals surface area contributed by atoms with E-state index in [1.165, 1.54) is 37.0 Å². The molecule has 2 heterocycles. The number of hydrogen-bond acceptors (Lipinski definition) is 5. The lowest BCUT2D eigenvalue weighted by atomic mass is 9.93. The van der Waals surface area contributed by atoms with Gasteiger partial charge in [-0.1, -0.05) is 27.4 Å². The van der Waals surface area contributed by atoms with E-state index in [4.69, 9.17) is 9.47 Å². The fourth-order valence-corrected chi connectivity index (χ4v) is 4.52. The van der Waals surface area contributed by atoms with E-state index < -0.39 is 0 Å². The minimum atomic E-state index is -0.277. The minimum Gasteiger partial charge on any atom is -0.496 e. The predicted octanol–water partition coefficient (Wildman–Crippen LogP) is 4.99. The van der Waals surface area contributed by atoms with E-state index >= 15 is 0 Å². The molecule has 0 bridgehead atoms. The Labute approximate surface area is 237 Å². The van der Waals surface area contributed by atoms with Gasteiger partial charge in [0, 0.05) is 58.4 Å². The Bertz CT molecular complexity index is 1370. The van der Waals surface area contributed by atoms with Gasteiger partial charge in [0.15, 0.2) is 0 Å². The van der Waals surface area contributed by atoms with E-state index in [9.17, 15) is 9.18 Å². The van der Waals surface area contributed by atoms with Gasteiger partial charge in [-0.15, -0.1) is 0 Å². The smallest absolute Gasteiger partial charge is 0.207 e. The predicted molar refractivity (Wildman–Crippen MR) is 160 cm³/mol. The zero-order valence-electron chi connectivity index (χ0n) is 24.4. The maximum Gasteiger partial charge on any atom is 0.207 e. The van der Waals surface area contributed by atoms with E-state index in [0.29, 0.717) is 37.9 Å². The Balaban J connectivity index is 0.000000217. The van der Waals surface area contributed by atoms with Gasteiger partial charge in [-0.2, -0.15) is 0 Å². The third-order valence-corrected chi connectivity index (χ3v) is 6.98. The number of carbonyl (C=O) groups is 1. The van der Waals surface area contributed by atoms with E-state index in [1.807, 2.05) is 26.0 Å². The van der Waals surface area contributed by atoms with Gasteiger partial charge in [-0.3, -0.25) is 4.79 Å². The summed E-state index contributed by atoms with van der Waals surface area (Å²) in [5.41, 5.74) is 4.78. The lowest BCUT2D eigenvalue weighted by molar-refractivity contribution is -0.109. The zero-order valence-corrected chi connectivity index (χ0v) is 24.4. The summed E-state index contributed by atoms with van der Waals surface area (Å²) in [5.74, 6) is 1.67. The molecule has 0 radical (unpaired) electrons. The first kappa shape index (κ1) is 30.7. The second-order valence-corrected chi connectivity index (χ2v) is 9.90. The van der Waals surface area contributed by atoms with Crippen LogP contribution in [0, 0.1) is 12.7 Å². The number of ether oxygens (including phenoxy) is 2. The molecule has 214 valence electrons. The quantitative estimate of drug-likeness (QED) is 0.307. The van der Waals surface area contributed by atoms with Crippen molar-refractivity contribution in [3.05, 3.63) is 75.5 Å². The molecule has 2 aromatic carbocycles. The van der Waals surface area contributed by atoms with Gasteiger partial charge in [0.05, 0.1) is 13.7 Å². The molecule has 1 fully saturated rings. The third kappa shape index (κ3) is 7.84. The maximum absolute atomic E-state index is 13.1. The molecule has 0 saturated heterocycles. The highest BCUT2D eigenvalue weighted by atomic mass is 19.1. The summed E-state index contributed by atoms with van der Waals surface area (Å²) in [6.07, 6.45) is 7.31. The van der Waals surface area contributed by atoms with Crippen molar-refractivity contribution in [2.45, 2.75) is 65.3 Å². The van der Waals surface area contributed by atoms with Crippen LogP contribution in [0.15, 0.2) is 42.5 Å². The molecule has 6 nitrogen and oxygen atoms in total. The molecule has 40 heavy (non-hydrogen) atoms. The van der Waals surface area contributed by atoms with Gasteiger partial charge < -0.3 is 20.1 Å². The number of carbonyl (C=O) groups excluding carboxylic acids is 1. The molecule has 1 aromatic heterocycles. The van der Waals surface area contributed by atoms with Crippen molar-refractivity contribution in [3.63, 3.8) is 0 Å². The highest BCUT2D eigenvalue weighted by molar-refractivity contribution is 5.70. The molecule has 1 aliphatic carbocycles. The number of pyridine rings is 1. The molecule has 1 aliphatic heterocycles. The SMILES string of the molecule is C=c1c(OC)cc(C)c/c1=C/NC1CCC1.CC.CC1COc2c1cc(CCNC=O)nc2-c1ccc(F)cc1. The van der Waals surface area contributed by atoms with Crippen LogP contribution in [0.5, 0.6) is 11.5 Å². The molecule has 3 aromatic rings. The summed E-state index contributed by atoms with van der Waals surface area (Å²) < 4.78 is 24.2. The summed E-state index contributed by atoms with van der Waals surface area (Å²) >= 11 is 0. The highest BCUT2D eigenvalue weighted by Crippen LogP contribution is 2.41. The highest BCUT2D eigenvalue weighted by Gasteiger charge is 2.25. The second kappa shape index (κ2) is 15.1. The summed E-state index contributed by atoms with van der Waals surface area (Å²) in [7, 11) is 1.69. The van der Waals surface area contributed by atoms with Crippen LogP contribution in [0.3, 0.4) is 0 Å². The van der Waals surface area contributed by atoms with Crippen LogP contribution in [0.2, 0.25) is 0 Å². The molecular weight excluding hydrogens is 505 g/mol. The number of fused-ring (bicyclic) bond motifs is 1. The Morgan fingerprint density at radius 2 is 1.90 bits per heavy atom. The van der Waals surface area contributed by atoms with Crippen LogP contribution in [-0.2, 0) is 11.2 Å². The first-order chi connectivity index (χ1) is 19.4. The molecule has 1 atom stereocenters. The van der Waals surface area contributed by atoms with Crippen molar-refractivity contribution in [3.8, 4) is 22.8 Å². The van der Waals surface area contributed by atoms with Crippen molar-refractivity contribution in [1.82, 2.24) is 15.6 Å². The van der Waals surface area contributed by atoms with Crippen LogP contribution in [0.1, 0.15) is 62.8 Å². The first-order valence-corrected chi connectivity index (χ1v) is 14.1. The zero-order chi connectivity index (χ0) is 29.1. The topological polar surface area (TPSA) is 72.5 Å². The number of hydrogen-bond donors (Lipinski definition) is 2. The molecule has 2 N–H and O–H groups in total. The summed E-state index contributed by atoms with van der Waals surface area (Å²) in [6.45, 7) is 13.4. The number of amides is 1. The molecule has 1 unspecified atom stereocenters.